The Labute approximate surface area is 326 Å². The van der Waals surface area contributed by atoms with Gasteiger partial charge < -0.3 is 4.57 Å². The Hall–Kier alpha value is -7.36. The van der Waals surface area contributed by atoms with Gasteiger partial charge in [0.2, 0.25) is 0 Å². The first kappa shape index (κ1) is 33.2. The van der Waals surface area contributed by atoms with E-state index in [0.717, 1.165) is 67.7 Å². The lowest BCUT2D eigenvalue weighted by Crippen LogP contribution is -2.00. The van der Waals surface area contributed by atoms with E-state index in [4.69, 9.17) is 9.97 Å². The van der Waals surface area contributed by atoms with E-state index < -0.39 is 0 Å². The van der Waals surface area contributed by atoms with E-state index in [1.807, 2.05) is 12.1 Å². The SMILES string of the molecule is C=C1/C=C\C=C/Cc2c(n(-c3cccc(-c4nc(-c5cccc(-c6ccc(-c7ccccc7)cc6)c5)c5ccccc5n4)c3)c3ccc4ccccc4c23)/C=C\1. The van der Waals surface area contributed by atoms with Crippen molar-refractivity contribution in [1.29, 1.82) is 0 Å². The molecule has 3 heteroatoms. The van der Waals surface area contributed by atoms with Crippen LogP contribution in [0, 0.1) is 0 Å². The predicted octanol–water partition coefficient (Wildman–Crippen LogP) is 13.6. The van der Waals surface area contributed by atoms with Gasteiger partial charge in [-0.2, -0.15) is 0 Å². The highest BCUT2D eigenvalue weighted by atomic mass is 15.0. The van der Waals surface area contributed by atoms with Gasteiger partial charge in [0.15, 0.2) is 5.82 Å². The molecule has 0 aliphatic heterocycles. The molecule has 1 aliphatic carbocycles. The van der Waals surface area contributed by atoms with E-state index >= 15 is 0 Å². The number of hydrogen-bond donors (Lipinski definition) is 0. The van der Waals surface area contributed by atoms with Crippen LogP contribution in [0.5, 0.6) is 0 Å². The molecule has 0 radical (unpaired) electrons. The quantitative estimate of drug-likeness (QED) is 0.178. The Bertz CT molecular complexity index is 3050. The largest absolute Gasteiger partial charge is 0.310 e. The van der Waals surface area contributed by atoms with Crippen LogP contribution in [0.3, 0.4) is 0 Å². The van der Waals surface area contributed by atoms with E-state index in [0.29, 0.717) is 5.82 Å². The Morgan fingerprint density at radius 3 is 2.07 bits per heavy atom. The highest BCUT2D eigenvalue weighted by Crippen LogP contribution is 2.38. The third-order valence-electron chi connectivity index (χ3n) is 10.8. The van der Waals surface area contributed by atoms with Crippen LogP contribution in [0.25, 0.3) is 89.2 Å². The van der Waals surface area contributed by atoms with Gasteiger partial charge >= 0.3 is 0 Å². The van der Waals surface area contributed by atoms with Crippen molar-refractivity contribution in [3.63, 3.8) is 0 Å². The second kappa shape index (κ2) is 14.1. The maximum atomic E-state index is 5.34. The van der Waals surface area contributed by atoms with Gasteiger partial charge in [-0.3, -0.25) is 0 Å². The van der Waals surface area contributed by atoms with Gasteiger partial charge in [0.05, 0.1) is 22.4 Å². The molecule has 9 aromatic rings. The maximum Gasteiger partial charge on any atom is 0.160 e. The third kappa shape index (κ3) is 6.06. The second-order valence-electron chi connectivity index (χ2n) is 14.3. The second-order valence-corrected chi connectivity index (χ2v) is 14.3. The molecule has 0 saturated carbocycles. The first-order valence-electron chi connectivity index (χ1n) is 19.1. The summed E-state index contributed by atoms with van der Waals surface area (Å²) >= 11 is 0. The zero-order valence-electron chi connectivity index (χ0n) is 30.8. The summed E-state index contributed by atoms with van der Waals surface area (Å²) in [6, 6.07) is 58.1. The fraction of sp³-hybridized carbons (Fsp3) is 0.0189. The minimum atomic E-state index is 0.688. The summed E-state index contributed by atoms with van der Waals surface area (Å²) in [6.45, 7) is 4.28. The van der Waals surface area contributed by atoms with Crippen LogP contribution in [-0.4, -0.2) is 14.5 Å². The molecular weight excluding hydrogens is 679 g/mol. The molecule has 10 rings (SSSR count). The molecule has 1 aliphatic rings. The Balaban J connectivity index is 1.11. The molecule has 0 amide bonds. The van der Waals surface area contributed by atoms with Crippen LogP contribution in [0.4, 0.5) is 0 Å². The molecule has 0 fully saturated rings. The van der Waals surface area contributed by atoms with E-state index in [1.54, 1.807) is 0 Å². The molecule has 0 saturated heterocycles. The van der Waals surface area contributed by atoms with Gasteiger partial charge in [0.1, 0.15) is 0 Å². The number of fused-ring (bicyclic) bond motifs is 6. The van der Waals surface area contributed by atoms with Gasteiger partial charge in [0, 0.05) is 27.6 Å². The van der Waals surface area contributed by atoms with Crippen LogP contribution in [0.2, 0.25) is 0 Å². The molecule has 2 aromatic heterocycles. The van der Waals surface area contributed by atoms with Gasteiger partial charge in [0.25, 0.3) is 0 Å². The Morgan fingerprint density at radius 2 is 1.20 bits per heavy atom. The van der Waals surface area contributed by atoms with Crippen molar-refractivity contribution in [3.05, 3.63) is 218 Å². The van der Waals surface area contributed by atoms with Crippen molar-refractivity contribution in [3.8, 4) is 50.6 Å². The van der Waals surface area contributed by atoms with E-state index in [2.05, 4.69) is 199 Å². The fourth-order valence-corrected chi connectivity index (χ4v) is 8.04. The smallest absolute Gasteiger partial charge is 0.160 e. The lowest BCUT2D eigenvalue weighted by Gasteiger charge is -2.14. The third-order valence-corrected chi connectivity index (χ3v) is 10.8. The molecule has 7 aromatic carbocycles. The molecule has 2 heterocycles. The van der Waals surface area contributed by atoms with Crippen LogP contribution < -0.4 is 0 Å². The summed E-state index contributed by atoms with van der Waals surface area (Å²) < 4.78 is 2.39. The van der Waals surface area contributed by atoms with Crippen LogP contribution in [-0.2, 0) is 6.42 Å². The predicted molar refractivity (Wildman–Crippen MR) is 236 cm³/mol. The summed E-state index contributed by atoms with van der Waals surface area (Å²) in [5.74, 6) is 0.688. The molecule has 56 heavy (non-hydrogen) atoms. The minimum absolute atomic E-state index is 0.688. The summed E-state index contributed by atoms with van der Waals surface area (Å²) in [7, 11) is 0. The van der Waals surface area contributed by atoms with Gasteiger partial charge in [-0.1, -0.05) is 170 Å². The number of nitrogens with zero attached hydrogens (tertiary/aromatic N) is 3. The maximum absolute atomic E-state index is 5.34. The van der Waals surface area contributed by atoms with E-state index in [1.165, 1.54) is 32.8 Å². The van der Waals surface area contributed by atoms with Gasteiger partial charge in [-0.25, -0.2) is 9.97 Å². The number of rotatable bonds is 5. The van der Waals surface area contributed by atoms with Crippen molar-refractivity contribution in [2.75, 3.05) is 0 Å². The van der Waals surface area contributed by atoms with Crippen LogP contribution in [0.15, 0.2) is 206 Å². The molecule has 0 N–H and O–H groups in total. The first-order valence-corrected chi connectivity index (χ1v) is 19.1. The molecule has 0 unspecified atom stereocenters. The number of aromatic nitrogens is 3. The fourth-order valence-electron chi connectivity index (χ4n) is 8.04. The zero-order valence-corrected chi connectivity index (χ0v) is 30.8. The van der Waals surface area contributed by atoms with Crippen LogP contribution >= 0.6 is 0 Å². The monoisotopic (exact) mass is 715 g/mol. The van der Waals surface area contributed by atoms with Crippen molar-refractivity contribution in [2.45, 2.75) is 6.42 Å². The summed E-state index contributed by atoms with van der Waals surface area (Å²) in [5.41, 5.74) is 14.1. The van der Waals surface area contributed by atoms with Crippen molar-refractivity contribution >= 4 is 38.7 Å². The minimum Gasteiger partial charge on any atom is -0.310 e. The van der Waals surface area contributed by atoms with Crippen molar-refractivity contribution in [2.24, 2.45) is 0 Å². The number of allylic oxidation sites excluding steroid dienone is 6. The summed E-state index contributed by atoms with van der Waals surface area (Å²) in [5, 5.41) is 4.77. The lowest BCUT2D eigenvalue weighted by molar-refractivity contribution is 1.08. The number of hydrogen-bond acceptors (Lipinski definition) is 2. The highest BCUT2D eigenvalue weighted by Gasteiger charge is 2.20. The Kier molecular flexibility index (Phi) is 8.38. The highest BCUT2D eigenvalue weighted by molar-refractivity contribution is 6.10. The summed E-state index contributed by atoms with van der Waals surface area (Å²) in [6.07, 6.45) is 13.6. The molecule has 0 bridgehead atoms. The molecule has 264 valence electrons. The molecule has 0 atom stereocenters. The van der Waals surface area contributed by atoms with E-state index in [9.17, 15) is 0 Å². The topological polar surface area (TPSA) is 30.7 Å². The van der Waals surface area contributed by atoms with Crippen molar-refractivity contribution < 1.29 is 0 Å². The molecule has 0 spiro atoms. The molecular formula is C53H37N3. The average molecular weight is 716 g/mol. The lowest BCUT2D eigenvalue weighted by atomic mass is 9.97. The van der Waals surface area contributed by atoms with Crippen molar-refractivity contribution in [1.82, 2.24) is 14.5 Å². The number of benzene rings is 7. The van der Waals surface area contributed by atoms with Gasteiger partial charge in [-0.05, 0) is 87.0 Å². The summed E-state index contributed by atoms with van der Waals surface area (Å²) in [4.78, 5) is 10.5. The van der Waals surface area contributed by atoms with Gasteiger partial charge in [-0.15, -0.1) is 0 Å². The molecule has 3 nitrogen and oxygen atoms in total. The first-order chi connectivity index (χ1) is 27.7. The zero-order chi connectivity index (χ0) is 37.4. The standard InChI is InChI=1S/C53H37N3/c1-36-14-4-2-7-24-47-49(32-26-36)56(50-33-31-40-17-8-9-22-45(40)51(47)50)44-21-13-20-43(35-44)53-54-48-25-11-10-23-46(48)52(55-53)42-19-12-18-41(34-42)39-29-27-38(28-30-39)37-15-5-3-6-16-37/h2-23,25-35H,1,24H2/b7-2-,14-4-,32-26-. The normalized spacial score (nSPS) is 14.5. The number of para-hydroxylation sites is 1. The van der Waals surface area contributed by atoms with E-state index in [-0.39, 0.29) is 0 Å². The Morgan fingerprint density at radius 1 is 0.500 bits per heavy atom. The average Bonchev–Trinajstić information content (AvgIpc) is 3.59. The van der Waals surface area contributed by atoms with Crippen LogP contribution in [0.1, 0.15) is 11.3 Å².